The molecule has 0 aliphatic heterocycles. The van der Waals surface area contributed by atoms with E-state index < -0.39 is 5.97 Å². The first-order valence-electron chi connectivity index (χ1n) is 6.53. The van der Waals surface area contributed by atoms with Crippen molar-refractivity contribution in [2.75, 3.05) is 5.32 Å². The number of carboxylic acid groups (broad SMARTS) is 1. The molecule has 0 aliphatic carbocycles. The lowest BCUT2D eigenvalue weighted by Crippen LogP contribution is -2.11. The highest BCUT2D eigenvalue weighted by atomic mass is 32.1. The Morgan fingerprint density at radius 1 is 1.38 bits per heavy atom. The van der Waals surface area contributed by atoms with Crippen LogP contribution in [0.3, 0.4) is 0 Å². The summed E-state index contributed by atoms with van der Waals surface area (Å²) in [6, 6.07) is 3.02. The van der Waals surface area contributed by atoms with Crippen molar-refractivity contribution in [3.63, 3.8) is 0 Å². The fourth-order valence-corrected chi connectivity index (χ4v) is 2.42. The number of anilines is 1. The van der Waals surface area contributed by atoms with Crippen LogP contribution in [0.1, 0.15) is 41.2 Å². The SMILES string of the molecule is CCCc1noc(CCC(=O)Nc2ccc(C(=O)O)s2)n1. The number of rotatable bonds is 7. The van der Waals surface area contributed by atoms with E-state index in [0.29, 0.717) is 23.1 Å². The molecule has 2 N–H and O–H groups in total. The molecular weight excluding hydrogens is 294 g/mol. The number of carbonyl (C=O) groups excluding carboxylic acids is 1. The fourth-order valence-electron chi connectivity index (χ4n) is 1.66. The molecule has 2 heterocycles. The Balaban J connectivity index is 1.82. The van der Waals surface area contributed by atoms with Gasteiger partial charge in [0, 0.05) is 19.3 Å². The minimum atomic E-state index is -1.00. The molecule has 2 aromatic rings. The van der Waals surface area contributed by atoms with E-state index in [-0.39, 0.29) is 17.2 Å². The molecule has 0 atom stereocenters. The van der Waals surface area contributed by atoms with Gasteiger partial charge in [-0.1, -0.05) is 12.1 Å². The summed E-state index contributed by atoms with van der Waals surface area (Å²) >= 11 is 1.02. The highest BCUT2D eigenvalue weighted by molar-refractivity contribution is 7.18. The topological polar surface area (TPSA) is 105 Å². The summed E-state index contributed by atoms with van der Waals surface area (Å²) in [7, 11) is 0. The van der Waals surface area contributed by atoms with Gasteiger partial charge in [-0.3, -0.25) is 4.79 Å². The lowest BCUT2D eigenvalue weighted by atomic mass is 10.3. The molecule has 7 nitrogen and oxygen atoms in total. The number of amides is 1. The van der Waals surface area contributed by atoms with Crippen molar-refractivity contribution >= 4 is 28.2 Å². The van der Waals surface area contributed by atoms with Gasteiger partial charge in [0.05, 0.1) is 5.00 Å². The fraction of sp³-hybridized carbons (Fsp3) is 0.385. The zero-order valence-electron chi connectivity index (χ0n) is 11.5. The first kappa shape index (κ1) is 15.2. The van der Waals surface area contributed by atoms with Crippen LogP contribution in [0.15, 0.2) is 16.7 Å². The van der Waals surface area contributed by atoms with Crippen LogP contribution in [0.25, 0.3) is 0 Å². The van der Waals surface area contributed by atoms with Gasteiger partial charge < -0.3 is 14.9 Å². The van der Waals surface area contributed by atoms with E-state index in [0.717, 1.165) is 24.2 Å². The van der Waals surface area contributed by atoms with Crippen molar-refractivity contribution in [3.8, 4) is 0 Å². The van der Waals surface area contributed by atoms with Crippen LogP contribution >= 0.6 is 11.3 Å². The van der Waals surface area contributed by atoms with Crippen molar-refractivity contribution in [3.05, 3.63) is 28.7 Å². The van der Waals surface area contributed by atoms with Gasteiger partial charge in [0.25, 0.3) is 0 Å². The smallest absolute Gasteiger partial charge is 0.345 e. The average Bonchev–Trinajstić information content (AvgIpc) is 3.06. The van der Waals surface area contributed by atoms with Gasteiger partial charge >= 0.3 is 5.97 Å². The summed E-state index contributed by atoms with van der Waals surface area (Å²) in [4.78, 5) is 26.9. The number of aromatic carboxylic acids is 1. The quantitative estimate of drug-likeness (QED) is 0.813. The van der Waals surface area contributed by atoms with E-state index >= 15 is 0 Å². The maximum atomic E-state index is 11.8. The van der Waals surface area contributed by atoms with Crippen molar-refractivity contribution in [1.29, 1.82) is 0 Å². The molecule has 0 aromatic carbocycles. The van der Waals surface area contributed by atoms with Gasteiger partial charge in [-0.15, -0.1) is 11.3 Å². The lowest BCUT2D eigenvalue weighted by Gasteiger charge is -1.99. The van der Waals surface area contributed by atoms with Crippen molar-refractivity contribution in [1.82, 2.24) is 10.1 Å². The minimum Gasteiger partial charge on any atom is -0.477 e. The molecular formula is C13H15N3O4S. The summed E-state index contributed by atoms with van der Waals surface area (Å²) in [5.74, 6) is -0.137. The Kier molecular flexibility index (Phi) is 5.04. The van der Waals surface area contributed by atoms with Gasteiger partial charge in [0.2, 0.25) is 11.8 Å². The zero-order chi connectivity index (χ0) is 15.2. The molecule has 0 radical (unpaired) electrons. The maximum absolute atomic E-state index is 11.8. The van der Waals surface area contributed by atoms with Crippen molar-refractivity contribution in [2.24, 2.45) is 0 Å². The summed E-state index contributed by atoms with van der Waals surface area (Å²) in [6.45, 7) is 2.02. The molecule has 2 rings (SSSR count). The number of thiophene rings is 1. The normalized spacial score (nSPS) is 10.5. The monoisotopic (exact) mass is 309 g/mol. The van der Waals surface area contributed by atoms with Crippen LogP contribution in [-0.2, 0) is 17.6 Å². The number of nitrogens with zero attached hydrogens (tertiary/aromatic N) is 2. The predicted molar refractivity (Wildman–Crippen MR) is 76.5 cm³/mol. The number of carbonyl (C=O) groups is 2. The molecule has 0 aliphatic rings. The Morgan fingerprint density at radius 3 is 2.86 bits per heavy atom. The average molecular weight is 309 g/mol. The van der Waals surface area contributed by atoms with Gasteiger partial charge in [0.1, 0.15) is 4.88 Å². The van der Waals surface area contributed by atoms with E-state index in [1.54, 1.807) is 6.07 Å². The summed E-state index contributed by atoms with van der Waals surface area (Å²) in [5, 5.41) is 15.8. The summed E-state index contributed by atoms with van der Waals surface area (Å²) in [6.07, 6.45) is 2.25. The molecule has 0 fully saturated rings. The first-order valence-corrected chi connectivity index (χ1v) is 7.34. The van der Waals surface area contributed by atoms with Crippen LogP contribution in [0, 0.1) is 0 Å². The van der Waals surface area contributed by atoms with Crippen LogP contribution < -0.4 is 5.32 Å². The highest BCUT2D eigenvalue weighted by Gasteiger charge is 2.11. The minimum absolute atomic E-state index is 0.186. The van der Waals surface area contributed by atoms with Gasteiger partial charge in [-0.25, -0.2) is 4.79 Å². The second-order valence-electron chi connectivity index (χ2n) is 4.37. The number of hydrogen-bond donors (Lipinski definition) is 2. The third-order valence-corrected chi connectivity index (χ3v) is 3.62. The van der Waals surface area contributed by atoms with E-state index in [9.17, 15) is 9.59 Å². The summed E-state index contributed by atoms with van der Waals surface area (Å²) in [5.41, 5.74) is 0. The van der Waals surface area contributed by atoms with E-state index in [1.165, 1.54) is 6.07 Å². The largest absolute Gasteiger partial charge is 0.477 e. The second-order valence-corrected chi connectivity index (χ2v) is 5.46. The third kappa shape index (κ3) is 4.38. The van der Waals surface area contributed by atoms with E-state index in [4.69, 9.17) is 9.63 Å². The first-order chi connectivity index (χ1) is 10.1. The standard InChI is InChI=1S/C13H15N3O4S/c1-2-3-9-14-11(20-16-9)6-5-10(17)15-12-7-4-8(21-12)13(18)19/h4,7H,2-3,5-6H2,1H3,(H,15,17)(H,18,19). The van der Waals surface area contributed by atoms with Crippen LogP contribution in [0.4, 0.5) is 5.00 Å². The Labute approximate surface area is 125 Å². The molecule has 1 amide bonds. The molecule has 0 spiro atoms. The molecule has 112 valence electrons. The number of hydrogen-bond acceptors (Lipinski definition) is 6. The second kappa shape index (κ2) is 6.98. The number of aryl methyl sites for hydroxylation is 2. The molecule has 0 saturated carbocycles. The van der Waals surface area contributed by atoms with Crippen LogP contribution in [0.2, 0.25) is 0 Å². The summed E-state index contributed by atoms with van der Waals surface area (Å²) < 4.78 is 5.04. The zero-order valence-corrected chi connectivity index (χ0v) is 12.3. The van der Waals surface area contributed by atoms with Crippen molar-refractivity contribution < 1.29 is 19.2 Å². The Bertz CT molecular complexity index is 635. The number of aromatic nitrogens is 2. The van der Waals surface area contributed by atoms with Crippen LogP contribution in [-0.4, -0.2) is 27.1 Å². The predicted octanol–water partition coefficient (Wildman–Crippen LogP) is 2.35. The van der Waals surface area contributed by atoms with Gasteiger partial charge in [-0.05, 0) is 18.6 Å². The Hall–Kier alpha value is -2.22. The lowest BCUT2D eigenvalue weighted by molar-refractivity contribution is -0.116. The molecule has 0 unspecified atom stereocenters. The molecule has 21 heavy (non-hydrogen) atoms. The molecule has 8 heteroatoms. The molecule has 0 saturated heterocycles. The molecule has 0 bridgehead atoms. The number of nitrogens with one attached hydrogen (secondary N) is 1. The van der Waals surface area contributed by atoms with Crippen molar-refractivity contribution in [2.45, 2.75) is 32.6 Å². The third-order valence-electron chi connectivity index (χ3n) is 2.63. The Morgan fingerprint density at radius 2 is 2.19 bits per heavy atom. The number of carboxylic acids is 1. The highest BCUT2D eigenvalue weighted by Crippen LogP contribution is 2.21. The maximum Gasteiger partial charge on any atom is 0.345 e. The molecule has 2 aromatic heterocycles. The van der Waals surface area contributed by atoms with Gasteiger partial charge in [-0.2, -0.15) is 4.98 Å². The van der Waals surface area contributed by atoms with E-state index in [2.05, 4.69) is 15.5 Å². The van der Waals surface area contributed by atoms with Gasteiger partial charge in [0.15, 0.2) is 5.82 Å². The van der Waals surface area contributed by atoms with Crippen LogP contribution in [0.5, 0.6) is 0 Å². The van der Waals surface area contributed by atoms with E-state index in [1.807, 2.05) is 6.92 Å².